The molecule has 0 radical (unpaired) electrons. The van der Waals surface area contributed by atoms with Gasteiger partial charge in [0.25, 0.3) is 0 Å². The predicted octanol–water partition coefficient (Wildman–Crippen LogP) is 1.86. The molecule has 134 valence electrons. The summed E-state index contributed by atoms with van der Waals surface area (Å²) in [6.07, 6.45) is -0.393. The first kappa shape index (κ1) is 19.0. The van der Waals surface area contributed by atoms with Gasteiger partial charge in [-0.2, -0.15) is 0 Å². The van der Waals surface area contributed by atoms with E-state index < -0.39 is 29.9 Å². The molecule has 0 saturated heterocycles. The van der Waals surface area contributed by atoms with Crippen LogP contribution >= 0.6 is 0 Å². The highest BCUT2D eigenvalue weighted by Gasteiger charge is 2.22. The van der Waals surface area contributed by atoms with Crippen LogP contribution in [-0.2, 0) is 19.1 Å². The quantitative estimate of drug-likeness (QED) is 0.621. The SMILES string of the molecule is NC(CCC(=O)OC(=O)c1ccccc1)C(=O)OC(=O)c1ccccc1. The first-order valence-electron chi connectivity index (χ1n) is 7.84. The smallest absolute Gasteiger partial charge is 0.345 e. The van der Waals surface area contributed by atoms with Crippen LogP contribution < -0.4 is 5.73 Å². The van der Waals surface area contributed by atoms with Crippen LogP contribution in [-0.4, -0.2) is 29.9 Å². The van der Waals surface area contributed by atoms with Gasteiger partial charge in [-0.1, -0.05) is 36.4 Å². The minimum atomic E-state index is -1.19. The van der Waals surface area contributed by atoms with Gasteiger partial charge < -0.3 is 15.2 Å². The van der Waals surface area contributed by atoms with Crippen molar-refractivity contribution in [3.63, 3.8) is 0 Å². The lowest BCUT2D eigenvalue weighted by Gasteiger charge is -2.10. The molecule has 1 unspecified atom stereocenters. The molecule has 26 heavy (non-hydrogen) atoms. The number of esters is 4. The van der Waals surface area contributed by atoms with Gasteiger partial charge in [0.15, 0.2) is 0 Å². The van der Waals surface area contributed by atoms with E-state index in [-0.39, 0.29) is 24.0 Å². The summed E-state index contributed by atoms with van der Waals surface area (Å²) in [5, 5.41) is 0. The zero-order valence-electron chi connectivity index (χ0n) is 13.8. The van der Waals surface area contributed by atoms with Crippen molar-refractivity contribution in [2.45, 2.75) is 18.9 Å². The molecule has 7 nitrogen and oxygen atoms in total. The highest BCUT2D eigenvalue weighted by molar-refractivity contribution is 5.98. The lowest BCUT2D eigenvalue weighted by Crippen LogP contribution is -2.34. The molecule has 0 spiro atoms. The fraction of sp³-hybridized carbons (Fsp3) is 0.158. The maximum atomic E-state index is 11.8. The Morgan fingerprint density at radius 3 is 1.73 bits per heavy atom. The van der Waals surface area contributed by atoms with Crippen molar-refractivity contribution in [2.75, 3.05) is 0 Å². The second kappa shape index (κ2) is 9.24. The van der Waals surface area contributed by atoms with Crippen molar-refractivity contribution in [3.8, 4) is 0 Å². The first-order chi connectivity index (χ1) is 12.5. The monoisotopic (exact) mass is 355 g/mol. The molecular weight excluding hydrogens is 338 g/mol. The highest BCUT2D eigenvalue weighted by atomic mass is 16.6. The van der Waals surface area contributed by atoms with Crippen LogP contribution in [0.25, 0.3) is 0 Å². The second-order valence-electron chi connectivity index (χ2n) is 5.35. The number of rotatable bonds is 6. The minimum absolute atomic E-state index is 0.123. The molecule has 0 bridgehead atoms. The molecule has 0 aliphatic carbocycles. The van der Waals surface area contributed by atoms with Crippen LogP contribution in [0.15, 0.2) is 60.7 Å². The lowest BCUT2D eigenvalue weighted by molar-refractivity contribution is -0.140. The zero-order valence-corrected chi connectivity index (χ0v) is 13.8. The minimum Gasteiger partial charge on any atom is -0.389 e. The molecule has 0 aromatic heterocycles. The Balaban J connectivity index is 1.77. The molecule has 0 amide bonds. The summed E-state index contributed by atoms with van der Waals surface area (Å²) in [6.45, 7) is 0. The molecule has 0 saturated carbocycles. The average Bonchev–Trinajstić information content (AvgIpc) is 2.67. The number of hydrogen-bond acceptors (Lipinski definition) is 7. The summed E-state index contributed by atoms with van der Waals surface area (Å²) >= 11 is 0. The van der Waals surface area contributed by atoms with Gasteiger partial charge in [-0.25, -0.2) is 14.4 Å². The fourth-order valence-corrected chi connectivity index (χ4v) is 1.98. The molecule has 0 aliphatic heterocycles. The number of nitrogens with two attached hydrogens (primary N) is 1. The van der Waals surface area contributed by atoms with E-state index in [9.17, 15) is 19.2 Å². The largest absolute Gasteiger partial charge is 0.389 e. The molecule has 2 aromatic rings. The van der Waals surface area contributed by atoms with Crippen molar-refractivity contribution >= 4 is 23.9 Å². The maximum Gasteiger partial charge on any atom is 0.345 e. The third-order valence-corrected chi connectivity index (χ3v) is 3.38. The molecule has 2 N–H and O–H groups in total. The van der Waals surface area contributed by atoms with Crippen molar-refractivity contribution < 1.29 is 28.7 Å². The molecule has 2 rings (SSSR count). The Labute approximate surface area is 149 Å². The van der Waals surface area contributed by atoms with Crippen LogP contribution in [0.2, 0.25) is 0 Å². The van der Waals surface area contributed by atoms with Gasteiger partial charge >= 0.3 is 23.9 Å². The van der Waals surface area contributed by atoms with E-state index in [1.807, 2.05) is 0 Å². The Hall–Kier alpha value is -3.32. The van der Waals surface area contributed by atoms with E-state index in [0.29, 0.717) is 0 Å². The highest BCUT2D eigenvalue weighted by Crippen LogP contribution is 2.06. The molecular formula is C19H17NO6. The van der Waals surface area contributed by atoms with Crippen LogP contribution in [0.1, 0.15) is 33.6 Å². The summed E-state index contributed by atoms with van der Waals surface area (Å²) in [5.41, 5.74) is 6.06. The topological polar surface area (TPSA) is 113 Å². The number of ether oxygens (including phenoxy) is 2. The van der Waals surface area contributed by atoms with Crippen LogP contribution in [0.3, 0.4) is 0 Å². The number of hydrogen-bond donors (Lipinski definition) is 1. The summed E-state index contributed by atoms with van der Waals surface area (Å²) in [4.78, 5) is 47.0. The average molecular weight is 355 g/mol. The summed E-state index contributed by atoms with van der Waals surface area (Å²) < 4.78 is 9.32. The van der Waals surface area contributed by atoms with Gasteiger partial charge in [-0.3, -0.25) is 4.79 Å². The molecule has 0 heterocycles. The van der Waals surface area contributed by atoms with Gasteiger partial charge in [0, 0.05) is 6.42 Å². The molecule has 7 heteroatoms. The first-order valence-corrected chi connectivity index (χ1v) is 7.84. The maximum absolute atomic E-state index is 11.8. The number of carbonyl (C=O) groups excluding carboxylic acids is 4. The Kier molecular flexibility index (Phi) is 6.75. The van der Waals surface area contributed by atoms with Gasteiger partial charge in [0.2, 0.25) is 0 Å². The molecule has 2 aromatic carbocycles. The van der Waals surface area contributed by atoms with Crippen molar-refractivity contribution in [2.24, 2.45) is 5.73 Å². The van der Waals surface area contributed by atoms with E-state index in [1.54, 1.807) is 36.4 Å². The van der Waals surface area contributed by atoms with E-state index >= 15 is 0 Å². The fourth-order valence-electron chi connectivity index (χ4n) is 1.98. The molecule has 0 aliphatic rings. The Morgan fingerprint density at radius 2 is 1.23 bits per heavy atom. The number of benzene rings is 2. The predicted molar refractivity (Wildman–Crippen MR) is 90.9 cm³/mol. The second-order valence-corrected chi connectivity index (χ2v) is 5.35. The van der Waals surface area contributed by atoms with E-state index in [2.05, 4.69) is 9.47 Å². The van der Waals surface area contributed by atoms with E-state index in [4.69, 9.17) is 5.73 Å². The summed E-state index contributed by atoms with van der Waals surface area (Å²) in [5.74, 6) is -3.39. The Morgan fingerprint density at radius 1 is 0.769 bits per heavy atom. The van der Waals surface area contributed by atoms with Gasteiger partial charge in [-0.15, -0.1) is 0 Å². The van der Waals surface area contributed by atoms with E-state index in [0.717, 1.165) is 0 Å². The van der Waals surface area contributed by atoms with Crippen molar-refractivity contribution in [3.05, 3.63) is 71.8 Å². The third kappa shape index (κ3) is 5.64. The van der Waals surface area contributed by atoms with Gasteiger partial charge in [-0.05, 0) is 30.7 Å². The van der Waals surface area contributed by atoms with Crippen LogP contribution in [0.5, 0.6) is 0 Å². The van der Waals surface area contributed by atoms with Crippen LogP contribution in [0, 0.1) is 0 Å². The van der Waals surface area contributed by atoms with E-state index in [1.165, 1.54) is 24.3 Å². The molecule has 0 fully saturated rings. The zero-order chi connectivity index (χ0) is 18.9. The standard InChI is InChI=1S/C19H17NO6/c20-15(19(24)26-18(23)14-9-5-2-6-10-14)11-12-16(21)25-17(22)13-7-3-1-4-8-13/h1-10,15H,11-12,20H2. The lowest BCUT2D eigenvalue weighted by atomic mass is 10.1. The normalized spacial score (nSPS) is 11.3. The van der Waals surface area contributed by atoms with Crippen LogP contribution in [0.4, 0.5) is 0 Å². The van der Waals surface area contributed by atoms with Crippen molar-refractivity contribution in [1.82, 2.24) is 0 Å². The van der Waals surface area contributed by atoms with Crippen molar-refractivity contribution in [1.29, 1.82) is 0 Å². The van der Waals surface area contributed by atoms with Gasteiger partial charge in [0.1, 0.15) is 6.04 Å². The third-order valence-electron chi connectivity index (χ3n) is 3.38. The molecule has 1 atom stereocenters. The number of carbonyl (C=O) groups is 4. The summed E-state index contributed by atoms with van der Waals surface area (Å²) in [6, 6.07) is 14.8. The Bertz CT molecular complexity index is 788. The van der Waals surface area contributed by atoms with Gasteiger partial charge in [0.05, 0.1) is 11.1 Å². The summed E-state index contributed by atoms with van der Waals surface area (Å²) in [7, 11) is 0.